The molecule has 1 saturated heterocycles. The molecule has 1 fully saturated rings. The van der Waals surface area contributed by atoms with E-state index in [1.807, 2.05) is 6.92 Å². The third-order valence-corrected chi connectivity index (χ3v) is 6.14. The van der Waals surface area contributed by atoms with Crippen molar-refractivity contribution in [1.82, 2.24) is 4.31 Å². The highest BCUT2D eigenvalue weighted by molar-refractivity contribution is 7.89. The van der Waals surface area contributed by atoms with E-state index >= 15 is 0 Å². The molecule has 8 heteroatoms. The highest BCUT2D eigenvalue weighted by Crippen LogP contribution is 2.32. The first kappa shape index (κ1) is 18.7. The molecule has 0 aliphatic carbocycles. The van der Waals surface area contributed by atoms with Crippen LogP contribution >= 0.6 is 0 Å². The van der Waals surface area contributed by atoms with Crippen molar-refractivity contribution < 1.29 is 26.3 Å². The van der Waals surface area contributed by atoms with E-state index in [2.05, 4.69) is 4.74 Å². The number of hydrogen-bond acceptors (Lipinski definition) is 3. The summed E-state index contributed by atoms with van der Waals surface area (Å²) < 4.78 is 67.9. The third-order valence-electron chi connectivity index (χ3n) is 4.29. The largest absolute Gasteiger partial charge is 0.573 e. The van der Waals surface area contributed by atoms with Gasteiger partial charge in [-0.1, -0.05) is 35.9 Å². The number of ether oxygens (including phenoxy) is 1. The summed E-state index contributed by atoms with van der Waals surface area (Å²) in [4.78, 5) is 0.224. The molecule has 140 valence electrons. The number of benzene rings is 2. The molecule has 1 aliphatic rings. The fourth-order valence-electron chi connectivity index (χ4n) is 2.91. The van der Waals surface area contributed by atoms with Crippen LogP contribution in [0.4, 0.5) is 13.2 Å². The number of hydrogen-bond donors (Lipinski definition) is 0. The van der Waals surface area contributed by atoms with Crippen molar-refractivity contribution in [2.45, 2.75) is 24.6 Å². The zero-order valence-corrected chi connectivity index (χ0v) is 14.8. The quantitative estimate of drug-likeness (QED) is 0.787. The summed E-state index contributed by atoms with van der Waals surface area (Å²) >= 11 is 0. The monoisotopic (exact) mass is 385 g/mol. The van der Waals surface area contributed by atoms with Crippen molar-refractivity contribution in [3.8, 4) is 5.75 Å². The van der Waals surface area contributed by atoms with E-state index in [-0.39, 0.29) is 29.7 Å². The van der Waals surface area contributed by atoms with Gasteiger partial charge >= 0.3 is 6.36 Å². The molecule has 0 radical (unpaired) electrons. The first-order chi connectivity index (χ1) is 12.1. The minimum Gasteiger partial charge on any atom is -0.406 e. The van der Waals surface area contributed by atoms with Crippen molar-refractivity contribution >= 4 is 10.0 Å². The Morgan fingerprint density at radius 2 is 1.69 bits per heavy atom. The molecule has 26 heavy (non-hydrogen) atoms. The number of sulfonamides is 1. The highest BCUT2D eigenvalue weighted by atomic mass is 32.2. The average molecular weight is 385 g/mol. The van der Waals surface area contributed by atoms with Gasteiger partial charge in [0.2, 0.25) is 10.0 Å². The van der Waals surface area contributed by atoms with Crippen molar-refractivity contribution in [1.29, 1.82) is 0 Å². The van der Waals surface area contributed by atoms with Crippen LogP contribution < -0.4 is 4.74 Å². The van der Waals surface area contributed by atoms with Crippen LogP contribution in [0.5, 0.6) is 5.75 Å². The van der Waals surface area contributed by atoms with Crippen molar-refractivity contribution in [3.05, 3.63) is 59.7 Å². The Labute approximate surface area is 150 Å². The molecule has 0 bridgehead atoms. The van der Waals surface area contributed by atoms with Crippen molar-refractivity contribution in [3.63, 3.8) is 0 Å². The second-order valence-corrected chi connectivity index (χ2v) is 8.30. The van der Waals surface area contributed by atoms with Gasteiger partial charge < -0.3 is 4.74 Å². The third kappa shape index (κ3) is 4.19. The molecule has 3 rings (SSSR count). The van der Waals surface area contributed by atoms with Crippen molar-refractivity contribution in [2.75, 3.05) is 13.1 Å². The Kier molecular flexibility index (Phi) is 4.98. The SMILES string of the molecule is Cc1ccc(S(=O)(=O)N2CC(Cc3ccccc3OC(F)(F)F)C2)cc1. The molecule has 0 aromatic heterocycles. The van der Waals surface area contributed by atoms with Crippen molar-refractivity contribution in [2.24, 2.45) is 5.92 Å². The first-order valence-electron chi connectivity index (χ1n) is 8.05. The topological polar surface area (TPSA) is 46.6 Å². The molecule has 0 N–H and O–H groups in total. The second-order valence-electron chi connectivity index (χ2n) is 6.36. The van der Waals surface area contributed by atoms with Crippen LogP contribution in [0.3, 0.4) is 0 Å². The molecule has 2 aromatic carbocycles. The summed E-state index contributed by atoms with van der Waals surface area (Å²) in [5, 5.41) is 0. The lowest BCUT2D eigenvalue weighted by atomic mass is 9.94. The summed E-state index contributed by atoms with van der Waals surface area (Å²) in [6.07, 6.45) is -4.43. The molecule has 0 saturated carbocycles. The van der Waals surface area contributed by atoms with Gasteiger partial charge in [-0.05, 0) is 43.0 Å². The molecule has 0 spiro atoms. The zero-order chi connectivity index (χ0) is 18.9. The standard InChI is InChI=1S/C18H18F3NO3S/c1-13-6-8-16(9-7-13)26(23,24)22-11-14(12-22)10-15-4-2-3-5-17(15)25-18(19,20)21/h2-9,14H,10-12H2,1H3. The molecule has 2 aromatic rings. The normalized spacial score (nSPS) is 16.3. The average Bonchev–Trinajstić information content (AvgIpc) is 2.50. The van der Waals surface area contributed by atoms with Gasteiger partial charge in [0.15, 0.2) is 0 Å². The minimum atomic E-state index is -4.75. The smallest absolute Gasteiger partial charge is 0.406 e. The second kappa shape index (κ2) is 6.92. The molecule has 0 atom stereocenters. The Morgan fingerprint density at radius 1 is 1.08 bits per heavy atom. The molecule has 0 unspecified atom stereocenters. The Bertz CT molecular complexity index is 873. The number of nitrogens with zero attached hydrogens (tertiary/aromatic N) is 1. The molecule has 1 aliphatic heterocycles. The van der Waals surface area contributed by atoms with E-state index in [1.165, 1.54) is 16.4 Å². The Hall–Kier alpha value is -2.06. The number of alkyl halides is 3. The van der Waals surface area contributed by atoms with Gasteiger partial charge in [0.25, 0.3) is 0 Å². The Balaban J connectivity index is 1.65. The number of aryl methyl sites for hydroxylation is 1. The molecule has 0 amide bonds. The van der Waals surface area contributed by atoms with Crippen LogP contribution in [-0.2, 0) is 16.4 Å². The van der Waals surface area contributed by atoms with Crippen LogP contribution in [0, 0.1) is 12.8 Å². The first-order valence-corrected chi connectivity index (χ1v) is 9.49. The van der Waals surface area contributed by atoms with Crippen LogP contribution in [0.1, 0.15) is 11.1 Å². The van der Waals surface area contributed by atoms with Crippen LogP contribution in [0.2, 0.25) is 0 Å². The van der Waals surface area contributed by atoms with Gasteiger partial charge in [-0.2, -0.15) is 4.31 Å². The predicted molar refractivity (Wildman–Crippen MR) is 90.3 cm³/mol. The number of rotatable bonds is 5. The van der Waals surface area contributed by atoms with Crippen LogP contribution in [0.25, 0.3) is 0 Å². The van der Waals surface area contributed by atoms with E-state index in [0.717, 1.165) is 5.56 Å². The summed E-state index contributed by atoms with van der Waals surface area (Å²) in [6.45, 7) is 2.42. The van der Waals surface area contributed by atoms with Crippen LogP contribution in [0.15, 0.2) is 53.4 Å². The van der Waals surface area contributed by atoms with E-state index in [9.17, 15) is 21.6 Å². The van der Waals surface area contributed by atoms with Gasteiger partial charge in [-0.25, -0.2) is 8.42 Å². The molecular weight excluding hydrogens is 367 g/mol. The molecule has 4 nitrogen and oxygen atoms in total. The van der Waals surface area contributed by atoms with Gasteiger partial charge in [0, 0.05) is 13.1 Å². The fraction of sp³-hybridized carbons (Fsp3) is 0.333. The Morgan fingerprint density at radius 3 is 2.31 bits per heavy atom. The van der Waals surface area contributed by atoms with E-state index in [0.29, 0.717) is 12.0 Å². The van der Waals surface area contributed by atoms with Gasteiger partial charge in [-0.15, -0.1) is 13.2 Å². The summed E-state index contributed by atoms with van der Waals surface area (Å²) in [5.41, 5.74) is 1.38. The molecular formula is C18H18F3NO3S. The maximum absolute atomic E-state index is 12.5. The summed E-state index contributed by atoms with van der Waals surface area (Å²) in [6, 6.07) is 12.5. The maximum atomic E-state index is 12.5. The number of para-hydroxylation sites is 1. The lowest BCUT2D eigenvalue weighted by molar-refractivity contribution is -0.274. The van der Waals surface area contributed by atoms with Gasteiger partial charge in [-0.3, -0.25) is 0 Å². The highest BCUT2D eigenvalue weighted by Gasteiger charge is 2.37. The van der Waals surface area contributed by atoms with Gasteiger partial charge in [0.1, 0.15) is 5.75 Å². The predicted octanol–water partition coefficient (Wildman–Crippen LogP) is 3.76. The van der Waals surface area contributed by atoms with E-state index < -0.39 is 16.4 Å². The van der Waals surface area contributed by atoms with E-state index in [4.69, 9.17) is 0 Å². The van der Waals surface area contributed by atoms with E-state index in [1.54, 1.807) is 36.4 Å². The molecule has 1 heterocycles. The lowest BCUT2D eigenvalue weighted by Crippen LogP contribution is -2.50. The van der Waals surface area contributed by atoms with Gasteiger partial charge in [0.05, 0.1) is 4.90 Å². The number of halogens is 3. The minimum absolute atomic E-state index is 0.0480. The maximum Gasteiger partial charge on any atom is 0.573 e. The fourth-order valence-corrected chi connectivity index (χ4v) is 4.51. The van der Waals surface area contributed by atoms with Crippen LogP contribution in [-0.4, -0.2) is 32.2 Å². The zero-order valence-electron chi connectivity index (χ0n) is 14.0. The summed E-state index contributed by atoms with van der Waals surface area (Å²) in [7, 11) is -3.56. The summed E-state index contributed by atoms with van der Waals surface area (Å²) in [5.74, 6) is -0.284. The lowest BCUT2D eigenvalue weighted by Gasteiger charge is -2.38.